The number of nitrogens with zero attached hydrogens (tertiary/aromatic N) is 5. The maximum absolute atomic E-state index is 12.3. The Morgan fingerprint density at radius 2 is 1.63 bits per heavy atom. The monoisotopic (exact) mass is 369 g/mol. The van der Waals surface area contributed by atoms with Crippen molar-refractivity contribution in [2.75, 3.05) is 11.4 Å². The normalized spacial score (nSPS) is 18.1. The van der Waals surface area contributed by atoms with E-state index in [9.17, 15) is 4.79 Å². The van der Waals surface area contributed by atoms with E-state index in [0.717, 1.165) is 36.6 Å². The van der Waals surface area contributed by atoms with Gasteiger partial charge in [-0.15, -0.1) is 5.10 Å². The van der Waals surface area contributed by atoms with Crippen LogP contribution < -0.4 is 10.5 Å². The van der Waals surface area contributed by atoms with Crippen molar-refractivity contribution in [3.05, 3.63) is 46.0 Å². The van der Waals surface area contributed by atoms with Crippen LogP contribution >= 0.6 is 0 Å². The molecule has 1 saturated heterocycles. The Bertz CT molecular complexity index is 843. The molecule has 0 bridgehead atoms. The smallest absolute Gasteiger partial charge is 0.266 e. The topological polar surface area (TPSA) is 63.9 Å². The quantitative estimate of drug-likeness (QED) is 0.831. The molecule has 2 aromatic heterocycles. The van der Waals surface area contributed by atoms with Crippen molar-refractivity contribution < 1.29 is 0 Å². The van der Waals surface area contributed by atoms with Gasteiger partial charge in [-0.2, -0.15) is 10.2 Å². The summed E-state index contributed by atoms with van der Waals surface area (Å²) >= 11 is 0. The van der Waals surface area contributed by atoms with Gasteiger partial charge in [0, 0.05) is 23.4 Å². The Balaban J connectivity index is 1.82. The van der Waals surface area contributed by atoms with Crippen molar-refractivity contribution in [3.63, 3.8) is 0 Å². The van der Waals surface area contributed by atoms with Gasteiger partial charge in [0.25, 0.3) is 5.56 Å². The maximum atomic E-state index is 12.3. The second-order valence-corrected chi connectivity index (χ2v) is 9.51. The summed E-state index contributed by atoms with van der Waals surface area (Å²) in [5.41, 5.74) is 1.77. The van der Waals surface area contributed by atoms with Crippen molar-refractivity contribution in [2.45, 2.75) is 77.8 Å². The Morgan fingerprint density at radius 1 is 0.963 bits per heavy atom. The van der Waals surface area contributed by atoms with Gasteiger partial charge in [-0.3, -0.25) is 4.79 Å². The van der Waals surface area contributed by atoms with Crippen molar-refractivity contribution in [2.24, 2.45) is 0 Å². The van der Waals surface area contributed by atoms with E-state index >= 15 is 0 Å². The second-order valence-electron chi connectivity index (χ2n) is 9.51. The Morgan fingerprint density at radius 3 is 2.22 bits per heavy atom. The van der Waals surface area contributed by atoms with Crippen LogP contribution in [0.1, 0.15) is 65.8 Å². The lowest BCUT2D eigenvalue weighted by Gasteiger charge is -2.27. The van der Waals surface area contributed by atoms with Crippen molar-refractivity contribution >= 4 is 5.82 Å². The molecule has 3 heterocycles. The Labute approximate surface area is 161 Å². The fraction of sp³-hybridized carbons (Fsp3) is 0.619. The maximum Gasteiger partial charge on any atom is 0.266 e. The highest BCUT2D eigenvalue weighted by atomic mass is 16.1. The molecule has 1 aliphatic rings. The highest BCUT2D eigenvalue weighted by molar-refractivity contribution is 5.40. The number of rotatable bonds is 3. The van der Waals surface area contributed by atoms with Crippen LogP contribution in [0.2, 0.25) is 0 Å². The molecule has 0 spiro atoms. The van der Waals surface area contributed by atoms with E-state index in [1.807, 2.05) is 12.1 Å². The first-order valence-corrected chi connectivity index (χ1v) is 9.75. The Kier molecular flexibility index (Phi) is 5.10. The van der Waals surface area contributed by atoms with Crippen LogP contribution in [-0.4, -0.2) is 32.6 Å². The summed E-state index contributed by atoms with van der Waals surface area (Å²) in [6.45, 7) is 14.2. The lowest BCUT2D eigenvalue weighted by Crippen LogP contribution is -2.38. The number of anilines is 1. The number of hydrogen-bond donors (Lipinski definition) is 0. The highest BCUT2D eigenvalue weighted by Gasteiger charge is 2.28. The van der Waals surface area contributed by atoms with Crippen molar-refractivity contribution in [1.82, 2.24) is 20.0 Å². The van der Waals surface area contributed by atoms with Gasteiger partial charge < -0.3 is 4.90 Å². The van der Waals surface area contributed by atoms with Crippen molar-refractivity contribution in [3.8, 4) is 0 Å². The molecular weight excluding hydrogens is 338 g/mol. The minimum atomic E-state index is -0.0843. The third kappa shape index (κ3) is 4.37. The molecule has 1 fully saturated rings. The fourth-order valence-electron chi connectivity index (χ4n) is 3.38. The second kappa shape index (κ2) is 7.06. The van der Waals surface area contributed by atoms with Gasteiger partial charge in [0.05, 0.1) is 24.0 Å². The summed E-state index contributed by atoms with van der Waals surface area (Å²) in [5, 5.41) is 13.5. The summed E-state index contributed by atoms with van der Waals surface area (Å²) in [5.74, 6) is 0.880. The SMILES string of the molecule is CC(C)(C)c1ccc(N2CCCC2Cn2nc(C(C)(C)C)ccc2=O)nn1. The first-order chi connectivity index (χ1) is 12.6. The molecule has 0 amide bonds. The molecule has 0 N–H and O–H groups in total. The molecule has 0 saturated carbocycles. The molecule has 2 aromatic rings. The fourth-order valence-corrected chi connectivity index (χ4v) is 3.38. The molecule has 146 valence electrons. The summed E-state index contributed by atoms with van der Waals surface area (Å²) < 4.78 is 1.61. The van der Waals surface area contributed by atoms with Crippen LogP contribution in [-0.2, 0) is 17.4 Å². The number of hydrogen-bond acceptors (Lipinski definition) is 5. The van der Waals surface area contributed by atoms with Crippen LogP contribution in [0.25, 0.3) is 0 Å². The lowest BCUT2D eigenvalue weighted by atomic mass is 9.92. The van der Waals surface area contributed by atoms with E-state index in [-0.39, 0.29) is 22.4 Å². The predicted molar refractivity (Wildman–Crippen MR) is 108 cm³/mol. The molecule has 27 heavy (non-hydrogen) atoms. The van der Waals surface area contributed by atoms with Crippen LogP contribution in [0.4, 0.5) is 5.82 Å². The first kappa shape index (κ1) is 19.5. The molecule has 3 rings (SSSR count). The van der Waals surface area contributed by atoms with Crippen LogP contribution in [0, 0.1) is 0 Å². The van der Waals surface area contributed by atoms with Gasteiger partial charge in [-0.05, 0) is 31.0 Å². The summed E-state index contributed by atoms with van der Waals surface area (Å²) in [6.07, 6.45) is 2.11. The average molecular weight is 370 g/mol. The summed E-state index contributed by atoms with van der Waals surface area (Å²) in [4.78, 5) is 14.6. The van der Waals surface area contributed by atoms with E-state index in [1.54, 1.807) is 10.7 Å². The van der Waals surface area contributed by atoms with E-state index in [0.29, 0.717) is 6.54 Å². The van der Waals surface area contributed by atoms with Gasteiger partial charge in [0.1, 0.15) is 0 Å². The largest absolute Gasteiger partial charge is 0.350 e. The molecule has 1 aliphatic heterocycles. The van der Waals surface area contributed by atoms with Gasteiger partial charge in [-0.25, -0.2) is 4.68 Å². The molecule has 1 atom stereocenters. The molecule has 0 aliphatic carbocycles. The summed E-state index contributed by atoms with van der Waals surface area (Å²) in [7, 11) is 0. The minimum absolute atomic E-state index is 0.0133. The van der Waals surface area contributed by atoms with Crippen LogP contribution in [0.5, 0.6) is 0 Å². The van der Waals surface area contributed by atoms with Gasteiger partial charge in [0.2, 0.25) is 0 Å². The molecule has 6 heteroatoms. The zero-order chi connectivity index (χ0) is 19.8. The molecule has 0 radical (unpaired) electrons. The minimum Gasteiger partial charge on any atom is -0.350 e. The molecule has 0 aromatic carbocycles. The zero-order valence-electron chi connectivity index (χ0n) is 17.4. The highest BCUT2D eigenvalue weighted by Crippen LogP contribution is 2.26. The first-order valence-electron chi connectivity index (χ1n) is 9.75. The molecular formula is C21H31N5O. The van der Waals surface area contributed by atoms with Crippen molar-refractivity contribution in [1.29, 1.82) is 0 Å². The third-order valence-electron chi connectivity index (χ3n) is 5.11. The van der Waals surface area contributed by atoms with E-state index < -0.39 is 0 Å². The Hall–Kier alpha value is -2.24. The van der Waals surface area contributed by atoms with Crippen LogP contribution in [0.3, 0.4) is 0 Å². The predicted octanol–water partition coefficient (Wildman–Crippen LogP) is 3.30. The number of aromatic nitrogens is 4. The lowest BCUT2D eigenvalue weighted by molar-refractivity contribution is 0.456. The van der Waals surface area contributed by atoms with E-state index in [1.165, 1.54) is 0 Å². The van der Waals surface area contributed by atoms with Gasteiger partial charge in [-0.1, -0.05) is 41.5 Å². The summed E-state index contributed by atoms with van der Waals surface area (Å²) in [6, 6.07) is 7.78. The third-order valence-corrected chi connectivity index (χ3v) is 5.11. The van der Waals surface area contributed by atoms with Crippen LogP contribution in [0.15, 0.2) is 29.1 Å². The zero-order valence-corrected chi connectivity index (χ0v) is 17.4. The standard InChI is InChI=1S/C21H31N5O/c1-20(2,3)16-9-11-18(23-22-16)25-13-7-8-15(25)14-26-19(27)12-10-17(24-26)21(4,5)6/h9-12,15H,7-8,13-14H2,1-6H3. The van der Waals surface area contributed by atoms with E-state index in [4.69, 9.17) is 0 Å². The molecule has 6 nitrogen and oxygen atoms in total. The van der Waals surface area contributed by atoms with E-state index in [2.05, 4.69) is 67.8 Å². The average Bonchev–Trinajstić information content (AvgIpc) is 3.03. The van der Waals surface area contributed by atoms with Gasteiger partial charge >= 0.3 is 0 Å². The molecule has 1 unspecified atom stereocenters. The van der Waals surface area contributed by atoms with Gasteiger partial charge in [0.15, 0.2) is 5.82 Å².